The minimum atomic E-state index is 0.593. The first kappa shape index (κ1) is 34.4. The van der Waals surface area contributed by atoms with Gasteiger partial charge in [0.2, 0.25) is 0 Å². The van der Waals surface area contributed by atoms with Gasteiger partial charge in [-0.3, -0.25) is 0 Å². The van der Waals surface area contributed by atoms with Gasteiger partial charge in [0.15, 0.2) is 6.71 Å². The minimum Gasteiger partial charge on any atom is -0.369 e. The second-order valence-electron chi connectivity index (χ2n) is 15.4. The van der Waals surface area contributed by atoms with Gasteiger partial charge in [0.05, 0.1) is 0 Å². The molecule has 0 N–H and O–H groups in total. The molecule has 3 heteroatoms. The first-order valence-electron chi connectivity index (χ1n) is 20.0. The van der Waals surface area contributed by atoms with Crippen LogP contribution in [0, 0.1) is 5.92 Å². The molecule has 5 rings (SSSR count). The van der Waals surface area contributed by atoms with Gasteiger partial charge in [0.1, 0.15) is 0 Å². The Morgan fingerprint density at radius 2 is 1.24 bits per heavy atom. The van der Waals surface area contributed by atoms with Crippen molar-refractivity contribution in [2.45, 2.75) is 180 Å². The highest BCUT2D eigenvalue weighted by molar-refractivity contribution is 6.77. The van der Waals surface area contributed by atoms with Crippen molar-refractivity contribution in [2.24, 2.45) is 5.92 Å². The van der Waals surface area contributed by atoms with E-state index in [1.165, 1.54) is 166 Å². The zero-order chi connectivity index (χ0) is 31.1. The van der Waals surface area contributed by atoms with Gasteiger partial charge in [-0.25, -0.2) is 0 Å². The van der Waals surface area contributed by atoms with E-state index in [0.717, 1.165) is 5.92 Å². The molecule has 0 spiro atoms. The highest BCUT2D eigenvalue weighted by Crippen LogP contribution is 2.40. The Kier molecular flexibility index (Phi) is 14.6. The summed E-state index contributed by atoms with van der Waals surface area (Å²) >= 11 is 0. The molecule has 3 aliphatic rings. The van der Waals surface area contributed by atoms with Crippen LogP contribution in [0.2, 0.25) is 12.6 Å². The van der Waals surface area contributed by atoms with Gasteiger partial charge in [-0.1, -0.05) is 166 Å². The van der Waals surface area contributed by atoms with Crippen LogP contribution >= 0.6 is 0 Å². The zero-order valence-electron chi connectivity index (χ0n) is 29.5. The summed E-state index contributed by atoms with van der Waals surface area (Å²) in [5.41, 5.74) is 6.27. The summed E-state index contributed by atoms with van der Waals surface area (Å²) in [7, 11) is 0. The lowest BCUT2D eigenvalue weighted by Crippen LogP contribution is -2.52. The molecule has 2 heterocycles. The van der Waals surface area contributed by atoms with E-state index in [1.54, 1.807) is 16.8 Å². The van der Waals surface area contributed by atoms with Crippen LogP contribution in [-0.2, 0) is 0 Å². The summed E-state index contributed by atoms with van der Waals surface area (Å²) in [5.74, 6) is 0.800. The van der Waals surface area contributed by atoms with Crippen LogP contribution in [0.25, 0.3) is 0 Å². The van der Waals surface area contributed by atoms with E-state index in [0.29, 0.717) is 18.8 Å². The molecule has 2 atom stereocenters. The average Bonchev–Trinajstić information content (AvgIpc) is 3.04. The van der Waals surface area contributed by atoms with Crippen LogP contribution in [0.1, 0.15) is 155 Å². The molecular weight excluding hydrogens is 543 g/mol. The Morgan fingerprint density at radius 1 is 0.622 bits per heavy atom. The van der Waals surface area contributed by atoms with Crippen molar-refractivity contribution < 1.29 is 0 Å². The van der Waals surface area contributed by atoms with Gasteiger partial charge in [-0.05, 0) is 61.7 Å². The largest absolute Gasteiger partial charge is 0.369 e. The Labute approximate surface area is 279 Å². The first-order chi connectivity index (χ1) is 22.3. The Morgan fingerprint density at radius 3 is 1.98 bits per heavy atom. The van der Waals surface area contributed by atoms with Gasteiger partial charge in [0.25, 0.3) is 0 Å². The molecule has 2 aromatic carbocycles. The van der Waals surface area contributed by atoms with Crippen molar-refractivity contribution in [3.05, 3.63) is 48.5 Å². The number of unbranched alkanes of at least 4 members (excludes halogenated alkanes) is 5. The van der Waals surface area contributed by atoms with Crippen molar-refractivity contribution in [1.82, 2.24) is 0 Å². The first-order valence-corrected chi connectivity index (χ1v) is 20.0. The summed E-state index contributed by atoms with van der Waals surface area (Å²) in [6.45, 7) is 6.82. The molecule has 0 amide bonds. The van der Waals surface area contributed by atoms with Crippen LogP contribution in [0.3, 0.4) is 0 Å². The summed E-state index contributed by atoms with van der Waals surface area (Å²) in [5, 5.41) is 0. The molecule has 2 aliphatic heterocycles. The third-order valence-electron chi connectivity index (χ3n) is 11.7. The van der Waals surface area contributed by atoms with Crippen LogP contribution in [0.15, 0.2) is 48.5 Å². The average molecular weight is 611 g/mol. The highest BCUT2D eigenvalue weighted by atomic mass is 15.2. The molecule has 248 valence electrons. The second-order valence-corrected chi connectivity index (χ2v) is 15.4. The molecule has 2 unspecified atom stereocenters. The number of para-hydroxylation sites is 1. The van der Waals surface area contributed by atoms with Gasteiger partial charge in [0, 0.05) is 35.7 Å². The molecule has 0 aromatic heterocycles. The van der Waals surface area contributed by atoms with Crippen LogP contribution in [-0.4, -0.2) is 25.3 Å². The SMILES string of the molecule is CCCCCCCCC1CB2CC(C)CCCCCCCCCN(C3CCCCCCC3)c3cccc(c32)N1c1ccccc1. The van der Waals surface area contributed by atoms with Gasteiger partial charge < -0.3 is 9.80 Å². The predicted molar refractivity (Wildman–Crippen MR) is 201 cm³/mol. The third kappa shape index (κ3) is 10.0. The van der Waals surface area contributed by atoms with Crippen molar-refractivity contribution in [3.8, 4) is 0 Å². The fourth-order valence-corrected chi connectivity index (χ4v) is 9.24. The maximum Gasteiger partial charge on any atom is 0.183 e. The molecule has 0 bridgehead atoms. The number of nitrogens with zero attached hydrogens (tertiary/aromatic N) is 2. The smallest absolute Gasteiger partial charge is 0.183 e. The van der Waals surface area contributed by atoms with E-state index >= 15 is 0 Å². The van der Waals surface area contributed by atoms with E-state index in [4.69, 9.17) is 0 Å². The fraction of sp³-hybridized carbons (Fsp3) is 0.714. The van der Waals surface area contributed by atoms with E-state index in [-0.39, 0.29) is 0 Å². The Bertz CT molecular complexity index is 1080. The fourth-order valence-electron chi connectivity index (χ4n) is 9.24. The third-order valence-corrected chi connectivity index (χ3v) is 11.7. The number of benzene rings is 2. The second kappa shape index (κ2) is 19.1. The number of rotatable bonds is 9. The van der Waals surface area contributed by atoms with Crippen LogP contribution in [0.4, 0.5) is 17.1 Å². The molecule has 1 fully saturated rings. The maximum atomic E-state index is 2.98. The van der Waals surface area contributed by atoms with Gasteiger partial charge >= 0.3 is 0 Å². The quantitative estimate of drug-likeness (QED) is 0.206. The van der Waals surface area contributed by atoms with Crippen molar-refractivity contribution >= 4 is 29.2 Å². The number of hydrogen-bond donors (Lipinski definition) is 0. The molecule has 2 aromatic rings. The monoisotopic (exact) mass is 611 g/mol. The molecule has 0 radical (unpaired) electrons. The van der Waals surface area contributed by atoms with Crippen molar-refractivity contribution in [2.75, 3.05) is 16.3 Å². The Balaban J connectivity index is 1.53. The van der Waals surface area contributed by atoms with Gasteiger partial charge in [-0.15, -0.1) is 0 Å². The van der Waals surface area contributed by atoms with E-state index < -0.39 is 0 Å². The normalized spacial score (nSPS) is 23.0. The summed E-state index contributed by atoms with van der Waals surface area (Å²) in [6.07, 6.45) is 33.5. The zero-order valence-corrected chi connectivity index (χ0v) is 29.5. The predicted octanol–water partition coefficient (Wildman–Crippen LogP) is 12.3. The lowest BCUT2D eigenvalue weighted by Gasteiger charge is -2.45. The van der Waals surface area contributed by atoms with Crippen molar-refractivity contribution in [1.29, 1.82) is 0 Å². The number of hydrogen-bond acceptors (Lipinski definition) is 2. The molecule has 1 aliphatic carbocycles. The standard InChI is InChI=1S/C42H67BN2/c1-3-4-5-6-12-20-30-39-35-43-34-36(2)25-17-11-8-7-9-15-23-33-44(37-26-18-13-10-14-19-27-37)40-31-24-32-41(42(40)43)45(39)38-28-21-16-22-29-38/h16,21-22,24,28-29,31-32,36-37,39H,3-15,17-20,23,25-27,30,33-35H2,1-2H3. The summed E-state index contributed by atoms with van der Waals surface area (Å²) in [4.78, 5) is 5.80. The number of anilines is 3. The highest BCUT2D eigenvalue weighted by Gasteiger charge is 2.39. The maximum absolute atomic E-state index is 2.98. The lowest BCUT2D eigenvalue weighted by atomic mass is 9.35. The minimum absolute atomic E-state index is 0.593. The molecule has 0 saturated heterocycles. The molecular formula is C42H67BN2. The topological polar surface area (TPSA) is 6.48 Å². The molecule has 45 heavy (non-hydrogen) atoms. The summed E-state index contributed by atoms with van der Waals surface area (Å²) < 4.78 is 0. The van der Waals surface area contributed by atoms with Crippen molar-refractivity contribution in [3.63, 3.8) is 0 Å². The van der Waals surface area contributed by atoms with E-state index in [9.17, 15) is 0 Å². The lowest BCUT2D eigenvalue weighted by molar-refractivity contribution is 0.424. The van der Waals surface area contributed by atoms with Crippen LogP contribution in [0.5, 0.6) is 0 Å². The Hall–Kier alpha value is -1.90. The molecule has 1 saturated carbocycles. The van der Waals surface area contributed by atoms with E-state index in [1.807, 2.05) is 0 Å². The molecule has 2 nitrogen and oxygen atoms in total. The summed E-state index contributed by atoms with van der Waals surface area (Å²) in [6, 6.07) is 20.3. The van der Waals surface area contributed by atoms with Crippen LogP contribution < -0.4 is 15.3 Å². The van der Waals surface area contributed by atoms with Gasteiger partial charge in [-0.2, -0.15) is 0 Å². The van der Waals surface area contributed by atoms with E-state index in [2.05, 4.69) is 72.2 Å².